The van der Waals surface area contributed by atoms with Crippen LogP contribution in [0.5, 0.6) is 0 Å². The second kappa shape index (κ2) is 7.95. The molecule has 1 fully saturated rings. The summed E-state index contributed by atoms with van der Waals surface area (Å²) in [4.78, 5) is 16.0. The van der Waals surface area contributed by atoms with Crippen molar-refractivity contribution < 1.29 is 9.90 Å². The number of fused-ring (bicyclic) bond motifs is 1. The molecule has 1 atom stereocenters. The normalized spacial score (nSPS) is 17.7. The van der Waals surface area contributed by atoms with E-state index in [1.165, 1.54) is 5.57 Å². The van der Waals surface area contributed by atoms with Gasteiger partial charge in [0.2, 0.25) is 0 Å². The van der Waals surface area contributed by atoms with E-state index in [0.29, 0.717) is 18.7 Å². The highest BCUT2D eigenvalue weighted by atomic mass is 16.3. The first-order valence-electron chi connectivity index (χ1n) is 8.87. The van der Waals surface area contributed by atoms with Crippen molar-refractivity contribution in [2.24, 2.45) is 0 Å². The average Bonchev–Trinajstić information content (AvgIpc) is 2.94. The quantitative estimate of drug-likeness (QED) is 0.618. The lowest BCUT2D eigenvalue weighted by molar-refractivity contribution is 0.0675. The molecule has 0 radical (unpaired) electrons. The third-order valence-electron chi connectivity index (χ3n) is 4.78. The molecule has 1 aromatic carbocycles. The summed E-state index contributed by atoms with van der Waals surface area (Å²) in [5, 5.41) is 11.5. The minimum atomic E-state index is -0.456. The molecule has 5 nitrogen and oxygen atoms in total. The highest BCUT2D eigenvalue weighted by Crippen LogP contribution is 2.20. The first kappa shape index (κ1) is 17.9. The number of hydrogen-bond donors (Lipinski definition) is 1. The van der Waals surface area contributed by atoms with Crippen LogP contribution in [0.15, 0.2) is 42.6 Å². The predicted octanol–water partition coefficient (Wildman–Crippen LogP) is 2.01. The van der Waals surface area contributed by atoms with Gasteiger partial charge in [-0.05, 0) is 13.0 Å². The number of aromatic nitrogens is 1. The SMILES string of the molecule is C=C(C)CN1CCN(CC(O)Cn2cc(C=O)c3ccccc32)CC1. The Balaban J connectivity index is 1.58. The highest BCUT2D eigenvalue weighted by Gasteiger charge is 2.20. The Labute approximate surface area is 149 Å². The van der Waals surface area contributed by atoms with Crippen LogP contribution in [0.2, 0.25) is 0 Å². The highest BCUT2D eigenvalue weighted by molar-refractivity contribution is 5.97. The first-order chi connectivity index (χ1) is 12.1. The van der Waals surface area contributed by atoms with Crippen molar-refractivity contribution in [3.8, 4) is 0 Å². The van der Waals surface area contributed by atoms with Crippen molar-refractivity contribution in [2.75, 3.05) is 39.3 Å². The van der Waals surface area contributed by atoms with Gasteiger partial charge in [-0.3, -0.25) is 14.6 Å². The molecule has 5 heteroatoms. The molecule has 0 saturated carbocycles. The number of benzene rings is 1. The minimum Gasteiger partial charge on any atom is -0.390 e. The average molecular weight is 341 g/mol. The molecule has 2 aromatic rings. The van der Waals surface area contributed by atoms with Crippen molar-refractivity contribution in [3.05, 3.63) is 48.2 Å². The first-order valence-corrected chi connectivity index (χ1v) is 8.87. The van der Waals surface area contributed by atoms with Gasteiger partial charge in [0.25, 0.3) is 0 Å². The second-order valence-corrected chi connectivity index (χ2v) is 7.06. The molecule has 0 spiro atoms. The fourth-order valence-corrected chi connectivity index (χ4v) is 3.61. The van der Waals surface area contributed by atoms with E-state index in [4.69, 9.17) is 0 Å². The van der Waals surface area contributed by atoms with Crippen molar-refractivity contribution in [3.63, 3.8) is 0 Å². The molecule has 0 aliphatic carbocycles. The van der Waals surface area contributed by atoms with Gasteiger partial charge in [0.15, 0.2) is 6.29 Å². The topological polar surface area (TPSA) is 48.7 Å². The van der Waals surface area contributed by atoms with E-state index in [2.05, 4.69) is 23.3 Å². The molecule has 1 N–H and O–H groups in total. The number of hydrogen-bond acceptors (Lipinski definition) is 4. The van der Waals surface area contributed by atoms with Gasteiger partial charge in [0.05, 0.1) is 6.10 Å². The molecular weight excluding hydrogens is 314 g/mol. The van der Waals surface area contributed by atoms with E-state index >= 15 is 0 Å². The van der Waals surface area contributed by atoms with Gasteiger partial charge in [-0.25, -0.2) is 0 Å². The van der Waals surface area contributed by atoms with Gasteiger partial charge in [-0.1, -0.05) is 30.4 Å². The van der Waals surface area contributed by atoms with Gasteiger partial charge in [-0.15, -0.1) is 0 Å². The lowest BCUT2D eigenvalue weighted by atomic mass is 10.2. The largest absolute Gasteiger partial charge is 0.390 e. The molecule has 1 saturated heterocycles. The Morgan fingerprint density at radius 2 is 1.88 bits per heavy atom. The molecule has 1 aliphatic rings. The number of carbonyl (C=O) groups excluding carboxylic acids is 1. The number of aliphatic hydroxyl groups excluding tert-OH is 1. The summed E-state index contributed by atoms with van der Waals surface area (Å²) in [6.07, 6.45) is 2.26. The summed E-state index contributed by atoms with van der Waals surface area (Å²) >= 11 is 0. The zero-order valence-electron chi connectivity index (χ0n) is 14.9. The van der Waals surface area contributed by atoms with Gasteiger partial charge in [-0.2, -0.15) is 0 Å². The van der Waals surface area contributed by atoms with Crippen LogP contribution in [0.3, 0.4) is 0 Å². The molecule has 2 heterocycles. The maximum Gasteiger partial charge on any atom is 0.152 e. The lowest BCUT2D eigenvalue weighted by Crippen LogP contribution is -2.49. The van der Waals surface area contributed by atoms with Crippen molar-refractivity contribution in [1.82, 2.24) is 14.4 Å². The number of aliphatic hydroxyl groups is 1. The number of para-hydroxylation sites is 1. The predicted molar refractivity (Wildman–Crippen MR) is 101 cm³/mol. The van der Waals surface area contributed by atoms with Gasteiger partial charge >= 0.3 is 0 Å². The van der Waals surface area contributed by atoms with Gasteiger partial charge < -0.3 is 9.67 Å². The fourth-order valence-electron chi connectivity index (χ4n) is 3.61. The Bertz CT molecular complexity index is 744. The summed E-state index contributed by atoms with van der Waals surface area (Å²) in [5.41, 5.74) is 2.87. The molecule has 1 aromatic heterocycles. The number of nitrogens with zero attached hydrogens (tertiary/aromatic N) is 3. The number of aldehydes is 1. The monoisotopic (exact) mass is 341 g/mol. The maximum absolute atomic E-state index is 11.2. The van der Waals surface area contributed by atoms with E-state index in [-0.39, 0.29) is 0 Å². The Hall–Kier alpha value is -1.95. The van der Waals surface area contributed by atoms with Crippen LogP contribution < -0.4 is 0 Å². The van der Waals surface area contributed by atoms with Crippen LogP contribution in [-0.4, -0.2) is 71.1 Å². The van der Waals surface area contributed by atoms with E-state index in [9.17, 15) is 9.90 Å². The molecule has 1 aliphatic heterocycles. The summed E-state index contributed by atoms with van der Waals surface area (Å²) in [6, 6.07) is 7.83. The van der Waals surface area contributed by atoms with Crippen LogP contribution in [0.4, 0.5) is 0 Å². The van der Waals surface area contributed by atoms with Crippen LogP contribution in [0.1, 0.15) is 17.3 Å². The number of rotatable bonds is 7. The van der Waals surface area contributed by atoms with Crippen molar-refractivity contribution in [2.45, 2.75) is 19.6 Å². The molecule has 0 bridgehead atoms. The molecule has 1 unspecified atom stereocenters. The van der Waals surface area contributed by atoms with Crippen molar-refractivity contribution in [1.29, 1.82) is 0 Å². The lowest BCUT2D eigenvalue weighted by Gasteiger charge is -2.35. The smallest absolute Gasteiger partial charge is 0.152 e. The van der Waals surface area contributed by atoms with Gasteiger partial charge in [0.1, 0.15) is 0 Å². The maximum atomic E-state index is 11.2. The third-order valence-corrected chi connectivity index (χ3v) is 4.78. The van der Waals surface area contributed by atoms with E-state index < -0.39 is 6.10 Å². The summed E-state index contributed by atoms with van der Waals surface area (Å²) < 4.78 is 1.99. The van der Waals surface area contributed by atoms with E-state index in [1.54, 1.807) is 0 Å². The van der Waals surface area contributed by atoms with Crippen LogP contribution in [0, 0.1) is 0 Å². The molecular formula is C20H27N3O2. The summed E-state index contributed by atoms with van der Waals surface area (Å²) in [5.74, 6) is 0. The Kier molecular flexibility index (Phi) is 5.68. The molecule has 134 valence electrons. The second-order valence-electron chi connectivity index (χ2n) is 7.06. The van der Waals surface area contributed by atoms with Crippen molar-refractivity contribution >= 4 is 17.2 Å². The minimum absolute atomic E-state index is 0.456. The van der Waals surface area contributed by atoms with Crippen LogP contribution in [0.25, 0.3) is 10.9 Å². The number of piperazine rings is 1. The summed E-state index contributed by atoms with van der Waals surface area (Å²) in [7, 11) is 0. The van der Waals surface area contributed by atoms with E-state index in [0.717, 1.165) is 49.9 Å². The third kappa shape index (κ3) is 4.37. The van der Waals surface area contributed by atoms with E-state index in [1.807, 2.05) is 35.0 Å². The van der Waals surface area contributed by atoms with Crippen LogP contribution >= 0.6 is 0 Å². The number of carbonyl (C=O) groups is 1. The number of β-amino-alcohol motifs (C(OH)–C–C–N with tert-alkyl or cyclic N) is 1. The van der Waals surface area contributed by atoms with Gasteiger partial charge in [0, 0.05) is 68.5 Å². The Morgan fingerprint density at radius 3 is 2.56 bits per heavy atom. The zero-order chi connectivity index (χ0) is 17.8. The molecule has 0 amide bonds. The zero-order valence-corrected chi connectivity index (χ0v) is 14.9. The summed E-state index contributed by atoms with van der Waals surface area (Å²) in [6.45, 7) is 12.1. The standard InChI is InChI=1S/C20H27N3O2/c1-16(2)11-21-7-9-22(10-8-21)13-18(25)14-23-12-17(15-24)19-5-3-4-6-20(19)23/h3-6,12,15,18,25H,1,7-11,13-14H2,2H3. The molecule has 3 rings (SSSR count). The Morgan fingerprint density at radius 1 is 1.20 bits per heavy atom. The fraction of sp³-hybridized carbons (Fsp3) is 0.450. The van der Waals surface area contributed by atoms with Crippen LogP contribution in [-0.2, 0) is 6.54 Å². The molecule has 25 heavy (non-hydrogen) atoms.